The van der Waals surface area contributed by atoms with Gasteiger partial charge in [0.05, 0.1) is 10.6 Å². The summed E-state index contributed by atoms with van der Waals surface area (Å²) in [6.45, 7) is 2.98. The van der Waals surface area contributed by atoms with Crippen LogP contribution in [-0.4, -0.2) is 38.1 Å². The summed E-state index contributed by atoms with van der Waals surface area (Å²) >= 11 is 1.62. The van der Waals surface area contributed by atoms with Crippen molar-refractivity contribution in [1.82, 2.24) is 25.0 Å². The van der Waals surface area contributed by atoms with Crippen LogP contribution in [0.4, 0.5) is 0 Å². The van der Waals surface area contributed by atoms with Gasteiger partial charge in [-0.05, 0) is 36.4 Å². The molecule has 1 aliphatic rings. The monoisotopic (exact) mass is 327 g/mol. The van der Waals surface area contributed by atoms with Crippen LogP contribution in [0.25, 0.3) is 10.7 Å². The zero-order chi connectivity index (χ0) is 15.5. The topological polar surface area (TPSA) is 67.9 Å². The van der Waals surface area contributed by atoms with Gasteiger partial charge in [0, 0.05) is 25.7 Å². The first kappa shape index (κ1) is 14.5. The molecule has 0 aromatic carbocycles. The van der Waals surface area contributed by atoms with E-state index >= 15 is 0 Å². The summed E-state index contributed by atoms with van der Waals surface area (Å²) in [6, 6.07) is 4.00. The van der Waals surface area contributed by atoms with Gasteiger partial charge in [-0.1, -0.05) is 11.2 Å². The van der Waals surface area contributed by atoms with Crippen molar-refractivity contribution in [1.29, 1.82) is 0 Å². The molecular weight excluding hydrogens is 310 g/mol. The molecule has 118 valence electrons. The number of thiophene rings is 1. The fourth-order valence-electron chi connectivity index (χ4n) is 2.81. The van der Waals surface area contributed by atoms with E-state index in [9.17, 15) is 0 Å². The number of fused-ring (bicyclic) bond motifs is 1. The van der Waals surface area contributed by atoms with Crippen LogP contribution in [0.1, 0.15) is 23.6 Å². The van der Waals surface area contributed by atoms with Crippen molar-refractivity contribution >= 4 is 11.3 Å². The van der Waals surface area contributed by atoms with Gasteiger partial charge in [-0.3, -0.25) is 4.90 Å². The maximum Gasteiger partial charge on any atom is 0.227 e. The van der Waals surface area contributed by atoms with Gasteiger partial charge in [-0.2, -0.15) is 4.98 Å². The molecule has 4 rings (SSSR count). The third kappa shape index (κ3) is 3.30. The van der Waals surface area contributed by atoms with E-state index in [1.807, 2.05) is 23.7 Å². The minimum Gasteiger partial charge on any atom is -0.339 e. The van der Waals surface area contributed by atoms with Gasteiger partial charge in [0.2, 0.25) is 11.7 Å². The van der Waals surface area contributed by atoms with Crippen LogP contribution in [-0.2, 0) is 19.4 Å². The molecular formula is C16H17N5OS. The largest absolute Gasteiger partial charge is 0.339 e. The van der Waals surface area contributed by atoms with E-state index in [0.29, 0.717) is 11.7 Å². The lowest BCUT2D eigenvalue weighted by atomic mass is 10.1. The van der Waals surface area contributed by atoms with Gasteiger partial charge < -0.3 is 4.52 Å². The Morgan fingerprint density at radius 3 is 3.26 bits per heavy atom. The molecule has 0 aliphatic carbocycles. The van der Waals surface area contributed by atoms with Crippen LogP contribution >= 0.6 is 11.3 Å². The van der Waals surface area contributed by atoms with E-state index in [4.69, 9.17) is 4.52 Å². The Bertz CT molecular complexity index is 770. The van der Waals surface area contributed by atoms with Crippen LogP contribution in [0.3, 0.4) is 0 Å². The average Bonchev–Trinajstić information content (AvgIpc) is 3.26. The highest BCUT2D eigenvalue weighted by molar-refractivity contribution is 7.13. The molecule has 0 fully saturated rings. The zero-order valence-electron chi connectivity index (χ0n) is 12.7. The molecule has 3 aromatic rings. The maximum atomic E-state index is 5.34. The molecule has 0 spiro atoms. The molecule has 0 atom stereocenters. The van der Waals surface area contributed by atoms with E-state index in [2.05, 4.69) is 25.0 Å². The number of rotatable bonds is 5. The van der Waals surface area contributed by atoms with Gasteiger partial charge in [-0.25, -0.2) is 9.97 Å². The molecule has 3 aromatic heterocycles. The van der Waals surface area contributed by atoms with E-state index in [-0.39, 0.29) is 0 Å². The Morgan fingerprint density at radius 2 is 2.35 bits per heavy atom. The van der Waals surface area contributed by atoms with Gasteiger partial charge in [0.25, 0.3) is 0 Å². The third-order valence-electron chi connectivity index (χ3n) is 4.03. The normalized spacial score (nSPS) is 14.8. The second-order valence-corrected chi connectivity index (χ2v) is 6.56. The van der Waals surface area contributed by atoms with Crippen molar-refractivity contribution in [2.45, 2.75) is 25.8 Å². The van der Waals surface area contributed by atoms with E-state index in [1.54, 1.807) is 17.7 Å². The van der Waals surface area contributed by atoms with Gasteiger partial charge in [-0.15, -0.1) is 11.3 Å². The number of aryl methyl sites for hydroxylation is 1. The summed E-state index contributed by atoms with van der Waals surface area (Å²) in [6.07, 6.45) is 6.41. The second kappa shape index (κ2) is 6.55. The summed E-state index contributed by atoms with van der Waals surface area (Å²) in [4.78, 5) is 16.4. The smallest absolute Gasteiger partial charge is 0.227 e. The quantitative estimate of drug-likeness (QED) is 0.717. The number of hydrogen-bond acceptors (Lipinski definition) is 7. The standard InChI is InChI=1S/C16H17N5OS/c1(4-15-19-16(20-22-15)14-3-2-8-23-14)6-21-7-5-12-9-17-11-18-13(12)10-21/h2-3,8-9,11H,1,4-7,10H2. The maximum absolute atomic E-state index is 5.34. The van der Waals surface area contributed by atoms with Crippen molar-refractivity contribution in [2.24, 2.45) is 0 Å². The molecule has 4 heterocycles. The Kier molecular flexibility index (Phi) is 4.12. The lowest BCUT2D eigenvalue weighted by Crippen LogP contribution is -2.32. The van der Waals surface area contributed by atoms with Crippen LogP contribution in [0.15, 0.2) is 34.6 Å². The molecule has 0 bridgehead atoms. The summed E-state index contributed by atoms with van der Waals surface area (Å²) in [5.41, 5.74) is 2.44. The lowest BCUT2D eigenvalue weighted by Gasteiger charge is -2.27. The van der Waals surface area contributed by atoms with Crippen molar-refractivity contribution < 1.29 is 4.52 Å². The predicted octanol–water partition coefficient (Wildman–Crippen LogP) is 2.58. The van der Waals surface area contributed by atoms with E-state index in [1.165, 1.54) is 5.56 Å². The average molecular weight is 327 g/mol. The summed E-state index contributed by atoms with van der Waals surface area (Å²) in [5.74, 6) is 1.41. The number of aromatic nitrogens is 4. The van der Waals surface area contributed by atoms with Crippen LogP contribution < -0.4 is 0 Å². The van der Waals surface area contributed by atoms with Crippen molar-refractivity contribution in [3.8, 4) is 10.7 Å². The SMILES string of the molecule is c1csc(-c2noc(CCCN3CCc4cncnc4C3)n2)c1. The van der Waals surface area contributed by atoms with Crippen LogP contribution in [0, 0.1) is 0 Å². The van der Waals surface area contributed by atoms with Crippen molar-refractivity contribution in [3.05, 3.63) is 47.2 Å². The van der Waals surface area contributed by atoms with Gasteiger partial charge in [0.15, 0.2) is 0 Å². The molecule has 7 heteroatoms. The van der Waals surface area contributed by atoms with Gasteiger partial charge in [0.1, 0.15) is 6.33 Å². The van der Waals surface area contributed by atoms with Crippen molar-refractivity contribution in [2.75, 3.05) is 13.1 Å². The molecule has 0 saturated heterocycles. The third-order valence-corrected chi connectivity index (χ3v) is 4.89. The van der Waals surface area contributed by atoms with Gasteiger partial charge >= 0.3 is 0 Å². The Hall–Kier alpha value is -2.12. The molecule has 0 unspecified atom stereocenters. The Morgan fingerprint density at radius 1 is 1.35 bits per heavy atom. The molecule has 0 amide bonds. The van der Waals surface area contributed by atoms with Crippen LogP contribution in [0.2, 0.25) is 0 Å². The highest BCUT2D eigenvalue weighted by Crippen LogP contribution is 2.21. The predicted molar refractivity (Wildman–Crippen MR) is 86.9 cm³/mol. The van der Waals surface area contributed by atoms with E-state index in [0.717, 1.165) is 49.5 Å². The first-order valence-electron chi connectivity index (χ1n) is 7.75. The highest BCUT2D eigenvalue weighted by Gasteiger charge is 2.17. The van der Waals surface area contributed by atoms with Crippen molar-refractivity contribution in [3.63, 3.8) is 0 Å². The minimum atomic E-state index is 0.693. The molecule has 0 radical (unpaired) electrons. The lowest BCUT2D eigenvalue weighted by molar-refractivity contribution is 0.242. The summed E-state index contributed by atoms with van der Waals surface area (Å²) in [5, 5.41) is 6.06. The fraction of sp³-hybridized carbons (Fsp3) is 0.375. The highest BCUT2D eigenvalue weighted by atomic mass is 32.1. The van der Waals surface area contributed by atoms with E-state index < -0.39 is 0 Å². The molecule has 0 saturated carbocycles. The second-order valence-electron chi connectivity index (χ2n) is 5.61. The minimum absolute atomic E-state index is 0.693. The molecule has 0 N–H and O–H groups in total. The first-order valence-corrected chi connectivity index (χ1v) is 8.63. The summed E-state index contributed by atoms with van der Waals surface area (Å²) < 4.78 is 5.34. The van der Waals surface area contributed by atoms with Crippen LogP contribution in [0.5, 0.6) is 0 Å². The fourth-order valence-corrected chi connectivity index (χ4v) is 3.46. The molecule has 6 nitrogen and oxygen atoms in total. The Balaban J connectivity index is 1.29. The first-order chi connectivity index (χ1) is 11.4. The number of nitrogens with zero attached hydrogens (tertiary/aromatic N) is 5. The molecule has 23 heavy (non-hydrogen) atoms. The number of hydrogen-bond donors (Lipinski definition) is 0. The zero-order valence-corrected chi connectivity index (χ0v) is 13.5. The summed E-state index contributed by atoms with van der Waals surface area (Å²) in [7, 11) is 0. The molecule has 1 aliphatic heterocycles. The Labute approximate surface area is 138 Å².